The van der Waals surface area contributed by atoms with E-state index in [9.17, 15) is 4.79 Å². The smallest absolute Gasteiger partial charge is 0.220 e. The predicted octanol–water partition coefficient (Wildman–Crippen LogP) is 2.56. The fourth-order valence-corrected chi connectivity index (χ4v) is 4.20. The molecule has 0 bridgehead atoms. The van der Waals surface area contributed by atoms with Gasteiger partial charge in [-0.2, -0.15) is 0 Å². The zero-order valence-electron chi connectivity index (χ0n) is 14.7. The van der Waals surface area contributed by atoms with Gasteiger partial charge in [0.25, 0.3) is 0 Å². The Morgan fingerprint density at radius 2 is 1.96 bits per heavy atom. The Labute approximate surface area is 148 Å². The molecule has 0 aliphatic carbocycles. The van der Waals surface area contributed by atoms with Crippen LogP contribution in [0.5, 0.6) is 0 Å². The van der Waals surface area contributed by atoms with Crippen molar-refractivity contribution in [2.24, 2.45) is 5.92 Å². The first-order chi connectivity index (χ1) is 11.6. The van der Waals surface area contributed by atoms with Gasteiger partial charge in [0, 0.05) is 44.7 Å². The average molecular weight is 353 g/mol. The molecule has 7 heteroatoms. The van der Waals surface area contributed by atoms with Crippen LogP contribution in [-0.2, 0) is 9.53 Å². The summed E-state index contributed by atoms with van der Waals surface area (Å²) in [7, 11) is 0. The van der Waals surface area contributed by atoms with Crippen molar-refractivity contribution in [2.45, 2.75) is 57.9 Å². The lowest BCUT2D eigenvalue weighted by molar-refractivity contribution is -0.123. The summed E-state index contributed by atoms with van der Waals surface area (Å²) in [6, 6.07) is 0.308. The van der Waals surface area contributed by atoms with Gasteiger partial charge in [0.05, 0.1) is 0 Å². The maximum Gasteiger partial charge on any atom is 0.220 e. The van der Waals surface area contributed by atoms with E-state index in [1.54, 1.807) is 11.3 Å². The molecule has 134 valence electrons. The minimum atomic E-state index is 0.207. The van der Waals surface area contributed by atoms with Crippen LogP contribution in [0.2, 0.25) is 0 Å². The molecule has 3 rings (SSSR count). The summed E-state index contributed by atoms with van der Waals surface area (Å²) in [5, 5.41) is 13.9. The lowest BCUT2D eigenvalue weighted by Gasteiger charge is -2.31. The van der Waals surface area contributed by atoms with E-state index in [1.807, 2.05) is 0 Å². The summed E-state index contributed by atoms with van der Waals surface area (Å²) < 4.78 is 5.33. The highest BCUT2D eigenvalue weighted by Gasteiger charge is 2.25. The number of aromatic nitrogens is 2. The summed E-state index contributed by atoms with van der Waals surface area (Å²) in [4.78, 5) is 14.5. The Bertz CT molecular complexity index is 534. The normalized spacial score (nSPS) is 20.5. The van der Waals surface area contributed by atoms with Crippen LogP contribution in [0.3, 0.4) is 0 Å². The van der Waals surface area contributed by atoms with E-state index in [0.29, 0.717) is 24.3 Å². The average Bonchev–Trinajstić information content (AvgIpc) is 3.07. The van der Waals surface area contributed by atoms with Crippen LogP contribution in [0, 0.1) is 5.92 Å². The molecule has 0 aromatic carbocycles. The van der Waals surface area contributed by atoms with Crippen LogP contribution in [0.25, 0.3) is 0 Å². The van der Waals surface area contributed by atoms with Gasteiger partial charge in [-0.15, -0.1) is 10.2 Å². The van der Waals surface area contributed by atoms with E-state index in [-0.39, 0.29) is 5.91 Å². The van der Waals surface area contributed by atoms with Gasteiger partial charge in [0.1, 0.15) is 5.01 Å². The molecule has 1 N–H and O–H groups in total. The van der Waals surface area contributed by atoms with Gasteiger partial charge in [0.15, 0.2) is 0 Å². The Kier molecular flexibility index (Phi) is 6.05. The van der Waals surface area contributed by atoms with Gasteiger partial charge in [-0.3, -0.25) is 4.79 Å². The summed E-state index contributed by atoms with van der Waals surface area (Å²) in [5.41, 5.74) is 0. The van der Waals surface area contributed by atoms with Gasteiger partial charge in [-0.05, 0) is 31.6 Å². The largest absolute Gasteiger partial charge is 0.381 e. The SMILES string of the molecule is CC(C)c1nnc(N2CCC(CC(=O)NC3CCOCC3)CC2)s1. The molecule has 0 radical (unpaired) electrons. The number of hydrogen-bond acceptors (Lipinski definition) is 6. The Balaban J connectivity index is 1.42. The molecule has 0 saturated carbocycles. The predicted molar refractivity (Wildman–Crippen MR) is 95.5 cm³/mol. The quantitative estimate of drug-likeness (QED) is 0.882. The second kappa shape index (κ2) is 8.25. The van der Waals surface area contributed by atoms with E-state index in [1.165, 1.54) is 0 Å². The molecule has 24 heavy (non-hydrogen) atoms. The first kappa shape index (κ1) is 17.6. The molecule has 2 saturated heterocycles. The van der Waals surface area contributed by atoms with Gasteiger partial charge in [-0.1, -0.05) is 25.2 Å². The number of carbonyl (C=O) groups is 1. The van der Waals surface area contributed by atoms with E-state index in [2.05, 4.69) is 34.3 Å². The van der Waals surface area contributed by atoms with Crippen molar-refractivity contribution in [3.63, 3.8) is 0 Å². The van der Waals surface area contributed by atoms with E-state index < -0.39 is 0 Å². The van der Waals surface area contributed by atoms with Crippen LogP contribution >= 0.6 is 11.3 Å². The number of rotatable bonds is 5. The third-order valence-corrected chi connectivity index (χ3v) is 6.15. The zero-order valence-corrected chi connectivity index (χ0v) is 15.5. The topological polar surface area (TPSA) is 67.4 Å². The van der Waals surface area contributed by atoms with Gasteiger partial charge < -0.3 is 15.0 Å². The highest BCUT2D eigenvalue weighted by molar-refractivity contribution is 7.15. The number of piperidine rings is 1. The number of amides is 1. The maximum atomic E-state index is 12.2. The first-order valence-corrected chi connectivity index (χ1v) is 9.89. The molecule has 6 nitrogen and oxygen atoms in total. The molecule has 0 unspecified atom stereocenters. The number of nitrogens with zero attached hydrogens (tertiary/aromatic N) is 3. The minimum absolute atomic E-state index is 0.207. The molecule has 2 aliphatic rings. The molecule has 1 amide bonds. The highest BCUT2D eigenvalue weighted by atomic mass is 32.1. The van der Waals surface area contributed by atoms with Crippen molar-refractivity contribution in [2.75, 3.05) is 31.2 Å². The monoisotopic (exact) mass is 352 g/mol. The summed E-state index contributed by atoms with van der Waals surface area (Å²) in [6.07, 6.45) is 4.65. The number of anilines is 1. The highest BCUT2D eigenvalue weighted by Crippen LogP contribution is 2.29. The molecule has 2 fully saturated rings. The summed E-state index contributed by atoms with van der Waals surface area (Å²) in [6.45, 7) is 7.78. The van der Waals surface area contributed by atoms with Crippen LogP contribution in [0.4, 0.5) is 5.13 Å². The van der Waals surface area contributed by atoms with Gasteiger partial charge in [-0.25, -0.2) is 0 Å². The lowest BCUT2D eigenvalue weighted by atomic mass is 9.93. The Morgan fingerprint density at radius 1 is 1.25 bits per heavy atom. The van der Waals surface area contributed by atoms with E-state index >= 15 is 0 Å². The Morgan fingerprint density at radius 3 is 2.58 bits per heavy atom. The van der Waals surface area contributed by atoms with Crippen molar-refractivity contribution >= 4 is 22.4 Å². The van der Waals surface area contributed by atoms with Crippen molar-refractivity contribution in [1.29, 1.82) is 0 Å². The van der Waals surface area contributed by atoms with Crippen LogP contribution in [0.1, 0.15) is 56.9 Å². The first-order valence-electron chi connectivity index (χ1n) is 9.07. The maximum absolute atomic E-state index is 12.2. The van der Waals surface area contributed by atoms with Gasteiger partial charge >= 0.3 is 0 Å². The fraction of sp³-hybridized carbons (Fsp3) is 0.824. The molecule has 1 aromatic heterocycles. The third-order valence-electron chi connectivity index (χ3n) is 4.87. The Hall–Kier alpha value is -1.21. The van der Waals surface area contributed by atoms with Gasteiger partial charge in [0.2, 0.25) is 11.0 Å². The van der Waals surface area contributed by atoms with Crippen molar-refractivity contribution in [1.82, 2.24) is 15.5 Å². The van der Waals surface area contributed by atoms with Crippen molar-refractivity contribution < 1.29 is 9.53 Å². The lowest BCUT2D eigenvalue weighted by Crippen LogP contribution is -2.41. The summed E-state index contributed by atoms with van der Waals surface area (Å²) >= 11 is 1.70. The zero-order chi connectivity index (χ0) is 16.9. The van der Waals surface area contributed by atoms with Crippen LogP contribution < -0.4 is 10.2 Å². The molecular weight excluding hydrogens is 324 g/mol. The second-order valence-electron chi connectivity index (χ2n) is 7.17. The minimum Gasteiger partial charge on any atom is -0.381 e. The van der Waals surface area contributed by atoms with Crippen LogP contribution in [-0.4, -0.2) is 48.4 Å². The number of nitrogens with one attached hydrogen (secondary N) is 1. The number of carbonyl (C=O) groups excluding carboxylic acids is 1. The third kappa shape index (κ3) is 4.66. The molecule has 0 spiro atoms. The molecule has 2 aliphatic heterocycles. The molecular formula is C17H28N4O2S. The summed E-state index contributed by atoms with van der Waals surface area (Å²) in [5.74, 6) is 1.12. The fourth-order valence-electron chi connectivity index (χ4n) is 3.31. The standard InChI is InChI=1S/C17H28N4O2S/c1-12(2)16-19-20-17(24-16)21-7-3-13(4-8-21)11-15(22)18-14-5-9-23-10-6-14/h12-14H,3-11H2,1-2H3,(H,18,22). The van der Waals surface area contributed by atoms with E-state index in [0.717, 1.165) is 62.1 Å². The number of ether oxygens (including phenoxy) is 1. The van der Waals surface area contributed by atoms with E-state index in [4.69, 9.17) is 4.74 Å². The second-order valence-corrected chi connectivity index (χ2v) is 8.15. The van der Waals surface area contributed by atoms with Crippen LogP contribution in [0.15, 0.2) is 0 Å². The molecule has 3 heterocycles. The van der Waals surface area contributed by atoms with Crippen molar-refractivity contribution in [3.05, 3.63) is 5.01 Å². The number of hydrogen-bond donors (Lipinski definition) is 1. The van der Waals surface area contributed by atoms with Crippen molar-refractivity contribution in [3.8, 4) is 0 Å². The molecule has 1 aromatic rings. The molecule has 0 atom stereocenters.